The first kappa shape index (κ1) is 17.2. The van der Waals surface area contributed by atoms with E-state index >= 15 is 0 Å². The molecule has 0 radical (unpaired) electrons. The molecule has 1 aliphatic heterocycles. The van der Waals surface area contributed by atoms with E-state index in [1.54, 1.807) is 13.1 Å². The van der Waals surface area contributed by atoms with Crippen molar-refractivity contribution in [1.29, 1.82) is 5.41 Å². The first-order valence-electron chi connectivity index (χ1n) is 6.70. The minimum Gasteiger partial charge on any atom is -0.368 e. The third kappa shape index (κ3) is 3.80. The Morgan fingerprint density at radius 3 is 2.70 bits per heavy atom. The largest absolute Gasteiger partial charge is 0.368 e. The molecule has 0 bridgehead atoms. The van der Waals surface area contributed by atoms with Gasteiger partial charge in [0.1, 0.15) is 11.0 Å². The lowest BCUT2D eigenvalue weighted by Gasteiger charge is -2.13. The molecule has 0 saturated heterocycles. The Bertz CT molecular complexity index is 754. The highest BCUT2D eigenvalue weighted by Crippen LogP contribution is 2.26. The van der Waals surface area contributed by atoms with Crippen LogP contribution in [0.15, 0.2) is 27.1 Å². The molecule has 0 spiro atoms. The van der Waals surface area contributed by atoms with Crippen LogP contribution in [-0.4, -0.2) is 28.4 Å². The van der Waals surface area contributed by atoms with E-state index in [2.05, 4.69) is 20.4 Å². The van der Waals surface area contributed by atoms with Crippen LogP contribution in [0.25, 0.3) is 0 Å². The highest BCUT2D eigenvalue weighted by Gasteiger charge is 2.17. The third-order valence-corrected chi connectivity index (χ3v) is 4.03. The second kappa shape index (κ2) is 6.97. The molecule has 1 aromatic heterocycles. The van der Waals surface area contributed by atoms with Crippen molar-refractivity contribution < 1.29 is 4.84 Å². The highest BCUT2D eigenvalue weighted by molar-refractivity contribution is 6.34. The number of nitrogens with two attached hydrogens (primary N) is 1. The summed E-state index contributed by atoms with van der Waals surface area (Å²) in [5.41, 5.74) is 7.79. The van der Waals surface area contributed by atoms with Crippen molar-refractivity contribution in [3.63, 3.8) is 0 Å². The number of anilines is 2. The molecule has 2 rings (SSSR count). The minimum absolute atomic E-state index is 0.0155. The molecule has 0 unspecified atom stereocenters. The van der Waals surface area contributed by atoms with Gasteiger partial charge >= 0.3 is 0 Å². The van der Waals surface area contributed by atoms with Gasteiger partial charge in [-0.2, -0.15) is 4.98 Å². The van der Waals surface area contributed by atoms with Crippen LogP contribution in [0.3, 0.4) is 0 Å². The van der Waals surface area contributed by atoms with Crippen molar-refractivity contribution in [3.05, 3.63) is 32.7 Å². The Kier molecular flexibility index (Phi) is 5.23. The summed E-state index contributed by atoms with van der Waals surface area (Å²) in [7, 11) is 0. The second-order valence-corrected chi connectivity index (χ2v) is 5.68. The summed E-state index contributed by atoms with van der Waals surface area (Å²) in [5, 5.41) is 15.4. The molecule has 0 fully saturated rings. The monoisotopic (exact) mass is 354 g/mol. The number of nitrogens with zero attached hydrogens (tertiary/aromatic N) is 3. The Hall–Kier alpha value is -2.12. The van der Waals surface area contributed by atoms with E-state index in [1.807, 2.05) is 13.8 Å². The number of hydrogen-bond acceptors (Lipinski definition) is 7. The van der Waals surface area contributed by atoms with Crippen LogP contribution in [0.1, 0.15) is 26.3 Å². The molecule has 0 amide bonds. The Balaban J connectivity index is 2.32. The zero-order valence-electron chi connectivity index (χ0n) is 12.9. The average Bonchev–Trinajstić information content (AvgIpc) is 2.58. The van der Waals surface area contributed by atoms with Crippen molar-refractivity contribution >= 4 is 46.9 Å². The van der Waals surface area contributed by atoms with E-state index in [0.717, 1.165) is 11.1 Å². The van der Waals surface area contributed by atoms with Gasteiger partial charge in [0.05, 0.1) is 23.4 Å². The zero-order valence-corrected chi connectivity index (χ0v) is 14.4. The highest BCUT2D eigenvalue weighted by atomic mass is 35.5. The predicted molar refractivity (Wildman–Crippen MR) is 93.3 cm³/mol. The summed E-state index contributed by atoms with van der Waals surface area (Å²) in [5.74, 6) is 0.899. The maximum absolute atomic E-state index is 7.80. The van der Waals surface area contributed by atoms with Crippen molar-refractivity contribution in [2.24, 2.45) is 5.16 Å². The second-order valence-electron chi connectivity index (χ2n) is 4.95. The molecule has 0 saturated carbocycles. The van der Waals surface area contributed by atoms with E-state index in [9.17, 15) is 0 Å². The number of rotatable bonds is 4. The van der Waals surface area contributed by atoms with Gasteiger partial charge in [0.2, 0.25) is 5.95 Å². The average molecular weight is 355 g/mol. The molecular weight excluding hydrogens is 339 g/mol. The lowest BCUT2D eigenvalue weighted by molar-refractivity contribution is 0.226. The molecule has 0 aliphatic carbocycles. The van der Waals surface area contributed by atoms with Crippen molar-refractivity contribution in [1.82, 2.24) is 9.97 Å². The van der Waals surface area contributed by atoms with Crippen molar-refractivity contribution in [2.45, 2.75) is 20.8 Å². The minimum atomic E-state index is 0.0155. The van der Waals surface area contributed by atoms with Crippen LogP contribution in [0.5, 0.6) is 0 Å². The van der Waals surface area contributed by atoms with Crippen LogP contribution < -0.4 is 11.1 Å². The van der Waals surface area contributed by atoms with E-state index in [4.69, 9.17) is 39.2 Å². The topological polar surface area (TPSA) is 109 Å². The van der Waals surface area contributed by atoms with Gasteiger partial charge in [0.25, 0.3) is 0 Å². The molecule has 4 N–H and O–H groups in total. The van der Waals surface area contributed by atoms with Crippen LogP contribution in [-0.2, 0) is 4.84 Å². The fraction of sp³-hybridized carbons (Fsp3) is 0.286. The molecular formula is C14H16Cl2N6O. The number of halogens is 2. The number of nitrogens with one attached hydrogen (secondary N) is 2. The molecule has 122 valence electrons. The summed E-state index contributed by atoms with van der Waals surface area (Å²) < 4.78 is 0. The first-order valence-corrected chi connectivity index (χ1v) is 7.46. The van der Waals surface area contributed by atoms with Gasteiger partial charge < -0.3 is 21.3 Å². The van der Waals surface area contributed by atoms with E-state index in [0.29, 0.717) is 22.2 Å². The lowest BCUT2D eigenvalue weighted by atomic mass is 10.1. The first-order chi connectivity index (χ1) is 10.8. The van der Waals surface area contributed by atoms with Crippen molar-refractivity contribution in [2.75, 3.05) is 17.6 Å². The molecule has 23 heavy (non-hydrogen) atoms. The van der Waals surface area contributed by atoms with Crippen molar-refractivity contribution in [3.8, 4) is 0 Å². The molecule has 0 aromatic carbocycles. The molecule has 1 aliphatic rings. The van der Waals surface area contributed by atoms with Gasteiger partial charge in [0, 0.05) is 11.3 Å². The van der Waals surface area contributed by atoms with Crippen LogP contribution in [0, 0.1) is 5.41 Å². The van der Waals surface area contributed by atoms with E-state index in [-0.39, 0.29) is 23.4 Å². The lowest BCUT2D eigenvalue weighted by Crippen LogP contribution is -2.14. The van der Waals surface area contributed by atoms with Gasteiger partial charge in [-0.05, 0) is 26.3 Å². The standard InChI is InChI=1S/C14H16Cl2N6O/c1-6-4-20-23-9(7(2)11(6)15)5-19-13-10(8(3)17)12(16)21-14(18)22-13/h4,17H,5H2,1-3H3,(H3,18,19,21,22). The number of hydrogen-bond donors (Lipinski definition) is 3. The van der Waals surface area contributed by atoms with E-state index in [1.165, 1.54) is 0 Å². The maximum Gasteiger partial charge on any atom is 0.223 e. The number of nitrogen functional groups attached to an aromatic ring is 1. The summed E-state index contributed by atoms with van der Waals surface area (Å²) in [6.45, 7) is 5.52. The van der Waals surface area contributed by atoms with Gasteiger partial charge in [-0.15, -0.1) is 0 Å². The van der Waals surface area contributed by atoms with Crippen LogP contribution >= 0.6 is 23.2 Å². The smallest absolute Gasteiger partial charge is 0.223 e. The number of oxime groups is 1. The Labute approximate surface area is 143 Å². The number of allylic oxidation sites excluding steroid dienone is 3. The molecule has 9 heteroatoms. The van der Waals surface area contributed by atoms with Gasteiger partial charge in [0.15, 0.2) is 5.76 Å². The Morgan fingerprint density at radius 1 is 1.35 bits per heavy atom. The zero-order chi connectivity index (χ0) is 17.1. The van der Waals surface area contributed by atoms with Crippen LogP contribution in [0.4, 0.5) is 11.8 Å². The number of aromatic nitrogens is 2. The summed E-state index contributed by atoms with van der Waals surface area (Å²) >= 11 is 12.3. The maximum atomic E-state index is 7.80. The quantitative estimate of drug-likeness (QED) is 0.567. The SMILES string of the molecule is CC(=N)c1c(Cl)nc(N)nc1NCC1=C(C)C(Cl)=C(C)C=NO1. The normalized spacial score (nSPS) is 14.7. The summed E-state index contributed by atoms with van der Waals surface area (Å²) in [6.07, 6.45) is 1.55. The molecule has 7 nitrogen and oxygen atoms in total. The van der Waals surface area contributed by atoms with Gasteiger partial charge in [-0.1, -0.05) is 28.4 Å². The third-order valence-electron chi connectivity index (χ3n) is 3.18. The summed E-state index contributed by atoms with van der Waals surface area (Å²) in [6, 6.07) is 0. The Morgan fingerprint density at radius 2 is 2.04 bits per heavy atom. The fourth-order valence-electron chi connectivity index (χ4n) is 1.95. The summed E-state index contributed by atoms with van der Waals surface area (Å²) in [4.78, 5) is 13.3. The fourth-order valence-corrected chi connectivity index (χ4v) is 2.42. The molecule has 2 heterocycles. The predicted octanol–water partition coefficient (Wildman–Crippen LogP) is 3.31. The molecule has 1 aromatic rings. The van der Waals surface area contributed by atoms with Crippen LogP contribution in [0.2, 0.25) is 5.15 Å². The van der Waals surface area contributed by atoms with E-state index < -0.39 is 0 Å². The van der Waals surface area contributed by atoms with Gasteiger partial charge in [-0.3, -0.25) is 0 Å². The molecule has 0 atom stereocenters. The van der Waals surface area contributed by atoms with Gasteiger partial charge in [-0.25, -0.2) is 4.98 Å².